The van der Waals surface area contributed by atoms with E-state index < -0.39 is 0 Å². The van der Waals surface area contributed by atoms with E-state index in [1.807, 2.05) is 18.9 Å². The quantitative estimate of drug-likeness (QED) is 0.232. The molecule has 0 aromatic carbocycles. The van der Waals surface area contributed by atoms with E-state index in [1.54, 1.807) is 0 Å². The number of hydrazine groups is 2. The van der Waals surface area contributed by atoms with Crippen LogP contribution in [0.4, 0.5) is 0 Å². The van der Waals surface area contributed by atoms with Crippen molar-refractivity contribution in [3.63, 3.8) is 0 Å². The molecule has 0 aromatic rings. The monoisotopic (exact) mass is 201 g/mol. The second kappa shape index (κ2) is 5.79. The van der Waals surface area contributed by atoms with Crippen LogP contribution in [-0.2, 0) is 4.74 Å². The first-order valence-corrected chi connectivity index (χ1v) is 4.86. The zero-order valence-electron chi connectivity index (χ0n) is 8.79. The normalized spacial score (nSPS) is 19.9. The van der Waals surface area contributed by atoms with E-state index in [0.717, 1.165) is 26.3 Å². The highest BCUT2D eigenvalue weighted by Gasteiger charge is 2.11. The van der Waals surface area contributed by atoms with Crippen molar-refractivity contribution < 1.29 is 4.74 Å². The second-order valence-electron chi connectivity index (χ2n) is 3.43. The Morgan fingerprint density at radius 3 is 2.57 bits per heavy atom. The van der Waals surface area contributed by atoms with Crippen molar-refractivity contribution in [1.29, 1.82) is 0 Å². The summed E-state index contributed by atoms with van der Waals surface area (Å²) in [7, 11) is 0. The van der Waals surface area contributed by atoms with Gasteiger partial charge in [0, 0.05) is 19.1 Å². The third kappa shape index (κ3) is 3.91. The molecule has 0 amide bonds. The molecule has 1 fully saturated rings. The van der Waals surface area contributed by atoms with Crippen molar-refractivity contribution in [3.8, 4) is 0 Å². The SMILES string of the molecule is CC(C)N=C(NN)NN1CCOCC1. The van der Waals surface area contributed by atoms with Crippen LogP contribution in [0.2, 0.25) is 0 Å². The zero-order chi connectivity index (χ0) is 10.4. The maximum absolute atomic E-state index is 5.34. The Labute approximate surface area is 84.4 Å². The van der Waals surface area contributed by atoms with Crippen molar-refractivity contribution in [3.05, 3.63) is 0 Å². The molecule has 1 heterocycles. The van der Waals surface area contributed by atoms with Gasteiger partial charge in [0.25, 0.3) is 0 Å². The van der Waals surface area contributed by atoms with Crippen LogP contribution in [0.5, 0.6) is 0 Å². The number of rotatable bonds is 2. The van der Waals surface area contributed by atoms with Gasteiger partial charge in [-0.1, -0.05) is 0 Å². The maximum atomic E-state index is 5.34. The number of morpholine rings is 1. The van der Waals surface area contributed by atoms with Gasteiger partial charge in [0.15, 0.2) is 0 Å². The van der Waals surface area contributed by atoms with E-state index in [1.165, 1.54) is 0 Å². The molecule has 4 N–H and O–H groups in total. The Balaban J connectivity index is 2.38. The minimum absolute atomic E-state index is 0.217. The molecular formula is C8H19N5O. The molecule has 0 saturated carbocycles. The van der Waals surface area contributed by atoms with Crippen LogP contribution in [0.3, 0.4) is 0 Å². The number of ether oxygens (including phenoxy) is 1. The van der Waals surface area contributed by atoms with Gasteiger partial charge in [-0.05, 0) is 13.8 Å². The fourth-order valence-corrected chi connectivity index (χ4v) is 1.18. The topological polar surface area (TPSA) is 74.9 Å². The van der Waals surface area contributed by atoms with E-state index in [0.29, 0.717) is 5.96 Å². The van der Waals surface area contributed by atoms with E-state index in [-0.39, 0.29) is 6.04 Å². The van der Waals surface area contributed by atoms with Gasteiger partial charge >= 0.3 is 0 Å². The first-order chi connectivity index (χ1) is 6.72. The molecule has 1 aliphatic rings. The lowest BCUT2D eigenvalue weighted by Gasteiger charge is -2.28. The van der Waals surface area contributed by atoms with Gasteiger partial charge in [0.05, 0.1) is 13.2 Å². The molecule has 6 heteroatoms. The number of hydrogen-bond acceptors (Lipinski definition) is 4. The van der Waals surface area contributed by atoms with E-state index >= 15 is 0 Å². The molecule has 6 nitrogen and oxygen atoms in total. The Hall–Kier alpha value is -0.850. The first-order valence-electron chi connectivity index (χ1n) is 4.86. The minimum atomic E-state index is 0.217. The van der Waals surface area contributed by atoms with Gasteiger partial charge in [-0.25, -0.2) is 15.8 Å². The average Bonchev–Trinajstić information content (AvgIpc) is 2.17. The largest absolute Gasteiger partial charge is 0.379 e. The van der Waals surface area contributed by atoms with Crippen LogP contribution in [0.25, 0.3) is 0 Å². The maximum Gasteiger partial charge on any atom is 0.220 e. The summed E-state index contributed by atoms with van der Waals surface area (Å²) < 4.78 is 5.22. The molecule has 82 valence electrons. The smallest absolute Gasteiger partial charge is 0.220 e. The highest BCUT2D eigenvalue weighted by Crippen LogP contribution is 1.92. The molecule has 1 rings (SSSR count). The van der Waals surface area contributed by atoms with Crippen molar-refractivity contribution in [2.24, 2.45) is 10.8 Å². The zero-order valence-corrected chi connectivity index (χ0v) is 8.79. The lowest BCUT2D eigenvalue weighted by Crippen LogP contribution is -2.54. The highest BCUT2D eigenvalue weighted by molar-refractivity contribution is 5.78. The predicted octanol–water partition coefficient (Wildman–Crippen LogP) is -0.949. The van der Waals surface area contributed by atoms with E-state index in [9.17, 15) is 0 Å². The second-order valence-corrected chi connectivity index (χ2v) is 3.43. The summed E-state index contributed by atoms with van der Waals surface area (Å²) in [5.74, 6) is 5.94. The fourth-order valence-electron chi connectivity index (χ4n) is 1.18. The molecule has 0 atom stereocenters. The van der Waals surface area contributed by atoms with Gasteiger partial charge in [0.1, 0.15) is 0 Å². The standard InChI is InChI=1S/C8H19N5O/c1-7(2)10-8(11-9)12-13-3-5-14-6-4-13/h7H,3-6,9H2,1-2H3,(H2,10,11,12). The Morgan fingerprint density at radius 1 is 1.43 bits per heavy atom. The predicted molar refractivity (Wildman–Crippen MR) is 55.4 cm³/mol. The van der Waals surface area contributed by atoms with Crippen LogP contribution < -0.4 is 16.7 Å². The molecule has 14 heavy (non-hydrogen) atoms. The summed E-state index contributed by atoms with van der Waals surface area (Å²) in [5.41, 5.74) is 5.64. The number of aliphatic imine (C=N–C) groups is 1. The Kier molecular flexibility index (Phi) is 4.64. The van der Waals surface area contributed by atoms with Crippen molar-refractivity contribution in [2.75, 3.05) is 26.3 Å². The van der Waals surface area contributed by atoms with Crippen LogP contribution in [0.15, 0.2) is 4.99 Å². The first kappa shape index (κ1) is 11.2. The molecule has 0 radical (unpaired) electrons. The third-order valence-corrected chi connectivity index (χ3v) is 1.80. The molecule has 1 aliphatic heterocycles. The van der Waals surface area contributed by atoms with Crippen molar-refractivity contribution in [1.82, 2.24) is 15.9 Å². The van der Waals surface area contributed by atoms with Gasteiger partial charge < -0.3 is 4.74 Å². The van der Waals surface area contributed by atoms with Gasteiger partial charge in [-0.2, -0.15) is 0 Å². The minimum Gasteiger partial charge on any atom is -0.379 e. The summed E-state index contributed by atoms with van der Waals surface area (Å²) in [6, 6.07) is 0.217. The molecular weight excluding hydrogens is 182 g/mol. The Bertz CT molecular complexity index is 188. The van der Waals surface area contributed by atoms with E-state index in [2.05, 4.69) is 15.8 Å². The summed E-state index contributed by atoms with van der Waals surface area (Å²) in [6.45, 7) is 7.17. The lowest BCUT2D eigenvalue weighted by atomic mass is 10.4. The molecule has 0 bridgehead atoms. The van der Waals surface area contributed by atoms with Gasteiger partial charge in [-0.3, -0.25) is 10.9 Å². The van der Waals surface area contributed by atoms with Crippen LogP contribution >= 0.6 is 0 Å². The number of nitrogens with zero attached hydrogens (tertiary/aromatic N) is 2. The van der Waals surface area contributed by atoms with Gasteiger partial charge in [0.2, 0.25) is 5.96 Å². The highest BCUT2D eigenvalue weighted by atomic mass is 16.5. The average molecular weight is 201 g/mol. The van der Waals surface area contributed by atoms with Crippen LogP contribution in [0, 0.1) is 0 Å². The van der Waals surface area contributed by atoms with Crippen molar-refractivity contribution >= 4 is 5.96 Å². The lowest BCUT2D eigenvalue weighted by molar-refractivity contribution is 0.0241. The third-order valence-electron chi connectivity index (χ3n) is 1.80. The van der Waals surface area contributed by atoms with Crippen LogP contribution in [0.1, 0.15) is 13.8 Å². The molecule has 0 spiro atoms. The van der Waals surface area contributed by atoms with Gasteiger partial charge in [-0.15, -0.1) is 0 Å². The van der Waals surface area contributed by atoms with Crippen molar-refractivity contribution in [2.45, 2.75) is 19.9 Å². The number of nitrogens with one attached hydrogen (secondary N) is 2. The fraction of sp³-hybridized carbons (Fsp3) is 0.875. The molecule has 0 aliphatic carbocycles. The number of nitrogens with two attached hydrogens (primary N) is 1. The van der Waals surface area contributed by atoms with E-state index in [4.69, 9.17) is 10.6 Å². The number of hydrogen-bond donors (Lipinski definition) is 3. The molecule has 0 aromatic heterocycles. The summed E-state index contributed by atoms with van der Waals surface area (Å²) in [4.78, 5) is 4.28. The molecule has 0 unspecified atom stereocenters. The number of guanidine groups is 1. The van der Waals surface area contributed by atoms with Crippen LogP contribution in [-0.4, -0.2) is 43.3 Å². The summed E-state index contributed by atoms with van der Waals surface area (Å²) in [6.07, 6.45) is 0. The summed E-state index contributed by atoms with van der Waals surface area (Å²) >= 11 is 0. The summed E-state index contributed by atoms with van der Waals surface area (Å²) in [5, 5.41) is 2.03. The Morgan fingerprint density at radius 2 is 2.07 bits per heavy atom. The molecule has 1 saturated heterocycles.